The van der Waals surface area contributed by atoms with E-state index in [4.69, 9.17) is 18.5 Å². The minimum Gasteiger partial charge on any atom is -0.462 e. The fourth-order valence-corrected chi connectivity index (χ4v) is 8.84. The van der Waals surface area contributed by atoms with E-state index in [0.717, 1.165) is 83.5 Å². The van der Waals surface area contributed by atoms with Crippen molar-refractivity contribution in [1.82, 2.24) is 0 Å². The van der Waals surface area contributed by atoms with E-state index in [1.165, 1.54) is 25.7 Å². The molecule has 0 aromatic rings. The van der Waals surface area contributed by atoms with Crippen LogP contribution in [-0.2, 0) is 41.8 Å². The molecule has 1 saturated carbocycles. The van der Waals surface area contributed by atoms with Gasteiger partial charge in [-0.05, 0) is 70.6 Å². The summed E-state index contributed by atoms with van der Waals surface area (Å²) < 4.78 is 49.3. The first-order valence-corrected chi connectivity index (χ1v) is 28.9. The van der Waals surface area contributed by atoms with Crippen molar-refractivity contribution in [3.63, 3.8) is 0 Å². The zero-order valence-electron chi connectivity index (χ0n) is 42.6. The summed E-state index contributed by atoms with van der Waals surface area (Å²) in [5, 5.41) is 61.6. The predicted molar refractivity (Wildman–Crippen MR) is 276 cm³/mol. The van der Waals surface area contributed by atoms with E-state index in [1.807, 2.05) is 24.3 Å². The highest BCUT2D eigenvalue weighted by Gasteiger charge is 2.54. The number of rotatable bonds is 42. The van der Waals surface area contributed by atoms with Gasteiger partial charge >= 0.3 is 27.6 Å². The van der Waals surface area contributed by atoms with Crippen LogP contribution in [0.1, 0.15) is 162 Å². The molecule has 1 rings (SSSR count). The second-order valence-corrected chi connectivity index (χ2v) is 20.5. The Kier molecular flexibility index (Phi) is 38.6. The van der Waals surface area contributed by atoms with Crippen LogP contribution in [-0.4, -0.2) is 125 Å². The van der Waals surface area contributed by atoms with Crippen molar-refractivity contribution >= 4 is 27.6 Å². The molecule has 1 aliphatic rings. The average molecular weight is 1060 g/mol. The molecule has 1 aliphatic carbocycles. The number of hydrogen-bond donors (Lipinski definition) is 9. The molecule has 1 fully saturated rings. The van der Waals surface area contributed by atoms with Gasteiger partial charge in [-0.1, -0.05) is 163 Å². The Morgan fingerprint density at radius 3 is 1.56 bits per heavy atom. The highest BCUT2D eigenvalue weighted by atomic mass is 31.2. The van der Waals surface area contributed by atoms with Crippen molar-refractivity contribution in [1.29, 1.82) is 0 Å². The summed E-state index contributed by atoms with van der Waals surface area (Å²) in [5.74, 6) is -1.45. The quantitative estimate of drug-likeness (QED) is 0.00910. The van der Waals surface area contributed by atoms with Gasteiger partial charge in [-0.3, -0.25) is 23.2 Å². The van der Waals surface area contributed by atoms with E-state index in [2.05, 4.69) is 54.8 Å². The second-order valence-electron chi connectivity index (χ2n) is 17.9. The number of carbonyl (C=O) groups excluding carboxylic acids is 2. The van der Waals surface area contributed by atoms with Crippen molar-refractivity contribution < 1.29 is 87.1 Å². The Bertz CT molecular complexity index is 1740. The van der Waals surface area contributed by atoms with E-state index in [-0.39, 0.29) is 25.7 Å². The van der Waals surface area contributed by atoms with Crippen LogP contribution in [0.15, 0.2) is 85.1 Å². The van der Waals surface area contributed by atoms with E-state index < -0.39 is 95.7 Å². The Labute approximate surface area is 428 Å². The maximum atomic E-state index is 13.0. The van der Waals surface area contributed by atoms with E-state index in [0.29, 0.717) is 12.8 Å². The minimum absolute atomic E-state index is 0.0245. The molecule has 20 heteroatoms. The Morgan fingerprint density at radius 1 is 0.514 bits per heavy atom. The first-order chi connectivity index (χ1) is 34.4. The molecule has 72 heavy (non-hydrogen) atoms. The van der Waals surface area contributed by atoms with Crippen molar-refractivity contribution in [2.24, 2.45) is 0 Å². The van der Waals surface area contributed by atoms with Gasteiger partial charge in [0.25, 0.3) is 0 Å². The molecule has 0 amide bonds. The predicted octanol–water partition coefficient (Wildman–Crippen LogP) is 8.51. The number of unbranched alkanes of at least 4 members (excludes halogenated alkanes) is 12. The lowest BCUT2D eigenvalue weighted by atomic mass is 9.85. The lowest BCUT2D eigenvalue weighted by molar-refractivity contribution is -0.216. The third kappa shape index (κ3) is 35.3. The van der Waals surface area contributed by atoms with Gasteiger partial charge in [0.2, 0.25) is 0 Å². The number of allylic oxidation sites excluding steroid dienone is 12. The molecule has 0 saturated heterocycles. The third-order valence-corrected chi connectivity index (χ3v) is 12.9. The zero-order valence-corrected chi connectivity index (χ0v) is 44.3. The Morgan fingerprint density at radius 2 is 0.986 bits per heavy atom. The number of esters is 2. The number of carbonyl (C=O) groups is 2. The van der Waals surface area contributed by atoms with Gasteiger partial charge in [0.05, 0.1) is 18.8 Å². The maximum absolute atomic E-state index is 13.0. The summed E-state index contributed by atoms with van der Waals surface area (Å²) in [6.45, 7) is 2.79. The van der Waals surface area contributed by atoms with E-state index in [9.17, 15) is 64.0 Å². The molecule has 0 radical (unpaired) electrons. The van der Waals surface area contributed by atoms with Crippen LogP contribution in [0.5, 0.6) is 0 Å². The van der Waals surface area contributed by atoms with Crippen molar-refractivity contribution in [3.05, 3.63) is 85.1 Å². The molecular weight excluding hydrogens is 975 g/mol. The highest BCUT2D eigenvalue weighted by molar-refractivity contribution is 7.47. The molecule has 10 atom stereocenters. The highest BCUT2D eigenvalue weighted by Crippen LogP contribution is 2.49. The normalized spacial score (nSPS) is 22.3. The van der Waals surface area contributed by atoms with Crippen LogP contribution in [0.25, 0.3) is 0 Å². The van der Waals surface area contributed by atoms with Gasteiger partial charge in [-0.25, -0.2) is 9.13 Å². The number of aliphatic hydroxyl groups is 6. The Balaban J connectivity index is 2.66. The standard InChI is InChI=1S/C52H88O18P2/c1-3-5-7-8-9-10-11-12-13-14-15-16-17-18-19-20-21-25-28-32-38-46(56)68-44(41-67-72(64,65)70-52-49(59)47(57)48(58)51(50(52)60)69-71(61,62)63)40-66-45(55)39-33-37-43(54)36-31-27-24-22-23-26-30-35-42(53)34-29-6-4-2/h10-11,13-14,16-17,23-24,26-27,30-31,35-36,42-44,47-54,57-60H,3-9,12,15,18-22,25,28-29,32-34,37-41H2,1-2H3,(H,64,65)(H2,61,62,63)/b11-10-,14-13-,17-16-,26-23-,27-24-,35-30+,36-31+/t42-,43-,44+,47?,48?,49?,50?,51+,52-/m0/s1. The molecule has 414 valence electrons. The molecule has 0 spiro atoms. The minimum atomic E-state index is -5.40. The van der Waals surface area contributed by atoms with Gasteiger partial charge in [0.15, 0.2) is 6.10 Å². The maximum Gasteiger partial charge on any atom is 0.472 e. The van der Waals surface area contributed by atoms with Gasteiger partial charge < -0.3 is 54.8 Å². The lowest BCUT2D eigenvalue weighted by Gasteiger charge is -2.43. The van der Waals surface area contributed by atoms with Gasteiger partial charge in [-0.15, -0.1) is 0 Å². The zero-order chi connectivity index (χ0) is 53.5. The van der Waals surface area contributed by atoms with Crippen LogP contribution in [0.4, 0.5) is 0 Å². The molecule has 0 aromatic carbocycles. The summed E-state index contributed by atoms with van der Waals surface area (Å²) >= 11 is 0. The molecule has 0 heterocycles. The average Bonchev–Trinajstić information content (AvgIpc) is 3.33. The van der Waals surface area contributed by atoms with Crippen LogP contribution in [0.3, 0.4) is 0 Å². The summed E-state index contributed by atoms with van der Waals surface area (Å²) in [5.41, 5.74) is 0. The lowest BCUT2D eigenvalue weighted by Crippen LogP contribution is -2.64. The van der Waals surface area contributed by atoms with Crippen LogP contribution in [0.2, 0.25) is 0 Å². The van der Waals surface area contributed by atoms with E-state index in [1.54, 1.807) is 24.3 Å². The van der Waals surface area contributed by atoms with E-state index >= 15 is 0 Å². The van der Waals surface area contributed by atoms with Gasteiger partial charge in [0, 0.05) is 12.8 Å². The fraction of sp³-hybridized carbons (Fsp3) is 0.692. The number of hydrogen-bond acceptors (Lipinski definition) is 15. The summed E-state index contributed by atoms with van der Waals surface area (Å²) in [7, 11) is -10.8. The second kappa shape index (κ2) is 41.4. The SMILES string of the molecule is CCCCCC/C=C\C/C=C\C/C=C\CCCCCCCCC(=O)O[C@H](COC(=O)CCC[C@@H](O)/C=C/C=C\C/C=C\C=C\[C@@H](O)CCCCC)COP(=O)(O)O[C@H]1C(O)C(O)C(O)[C@@H](OP(=O)(O)O)C1O. The van der Waals surface area contributed by atoms with Crippen LogP contribution < -0.4 is 0 Å². The monoisotopic (exact) mass is 1060 g/mol. The smallest absolute Gasteiger partial charge is 0.462 e. The molecule has 0 bridgehead atoms. The summed E-state index contributed by atoms with van der Waals surface area (Å²) in [6.07, 6.45) is 30.1. The molecule has 0 aliphatic heterocycles. The van der Waals surface area contributed by atoms with Gasteiger partial charge in [-0.2, -0.15) is 0 Å². The van der Waals surface area contributed by atoms with Gasteiger partial charge in [0.1, 0.15) is 43.2 Å². The first-order valence-electron chi connectivity index (χ1n) is 25.8. The topological polar surface area (TPSA) is 296 Å². The Hall–Kier alpha value is -2.90. The third-order valence-electron chi connectivity index (χ3n) is 11.4. The summed E-state index contributed by atoms with van der Waals surface area (Å²) in [6, 6.07) is 0. The molecule has 0 aromatic heterocycles. The molecular formula is C52H88O18P2. The van der Waals surface area contributed by atoms with Crippen molar-refractivity contribution in [2.75, 3.05) is 13.2 Å². The van der Waals surface area contributed by atoms with Crippen molar-refractivity contribution in [2.45, 2.75) is 216 Å². The molecule has 5 unspecified atom stereocenters. The summed E-state index contributed by atoms with van der Waals surface area (Å²) in [4.78, 5) is 54.4. The number of ether oxygens (including phenoxy) is 2. The molecule has 18 nitrogen and oxygen atoms in total. The number of aliphatic hydroxyl groups excluding tert-OH is 6. The fourth-order valence-electron chi connectivity index (χ4n) is 7.30. The first kappa shape index (κ1) is 67.1. The molecule has 9 N–H and O–H groups in total. The van der Waals surface area contributed by atoms with Crippen molar-refractivity contribution in [3.8, 4) is 0 Å². The number of phosphoric ester groups is 2. The van der Waals surface area contributed by atoms with Crippen LogP contribution >= 0.6 is 15.6 Å². The van der Waals surface area contributed by atoms with Crippen LogP contribution in [0, 0.1) is 0 Å². The largest absolute Gasteiger partial charge is 0.472 e. The number of phosphoric acid groups is 2.